The molecule has 0 amide bonds. The van der Waals surface area contributed by atoms with E-state index < -0.39 is 215 Å². The second kappa shape index (κ2) is 35.2. The summed E-state index contributed by atoms with van der Waals surface area (Å²) in [6.07, 6.45) is -49.5. The Morgan fingerprint density at radius 2 is 0.685 bits per heavy atom. The number of hydrogen-bond acceptors (Lipinski definition) is 30. The molecule has 13 fully saturated rings. The van der Waals surface area contributed by atoms with Crippen molar-refractivity contribution < 1.29 is 143 Å². The van der Waals surface area contributed by atoms with Crippen LogP contribution in [0, 0.1) is 5.92 Å². The highest BCUT2D eigenvalue weighted by molar-refractivity contribution is 7.99. The number of aliphatic hydroxyl groups is 14. The fraction of sp³-hybridized carbons (Fsp3) is 0.983. The summed E-state index contributed by atoms with van der Waals surface area (Å²) in [5.41, 5.74) is 0. The monoisotopic (exact) mass is 1310 g/mol. The van der Waals surface area contributed by atoms with Gasteiger partial charge >= 0.3 is 0 Å². The van der Waals surface area contributed by atoms with Crippen molar-refractivity contribution in [2.24, 2.45) is 5.92 Å². The Morgan fingerprint density at radius 3 is 1.04 bits per heavy atom. The van der Waals surface area contributed by atoms with E-state index in [0.717, 1.165) is 31.3 Å². The molecule has 520 valence electrons. The number of thioether (sulfide) groups is 1. The molecule has 89 heavy (non-hydrogen) atoms. The Hall–Kier alpha value is -1.10. The zero-order valence-corrected chi connectivity index (χ0v) is 53.0. The quantitative estimate of drug-likeness (QED) is 0.0483. The van der Waals surface area contributed by atoms with E-state index in [4.69, 9.17) is 66.3 Å². The van der Waals surface area contributed by atoms with Crippen molar-refractivity contribution in [2.75, 3.05) is 18.1 Å². The Bertz CT molecular complexity index is 2040. The largest absolute Gasteiger partial charge is 0.387 e. The molecular weight excluding hydrogens is 1200 g/mol. The van der Waals surface area contributed by atoms with Crippen LogP contribution < -0.4 is 0 Å². The molecule has 29 nitrogen and oxygen atoms in total. The molecule has 14 N–H and O–H groups in total. The van der Waals surface area contributed by atoms with E-state index >= 15 is 0 Å². The van der Waals surface area contributed by atoms with Gasteiger partial charge in [0.15, 0.2) is 44.0 Å². The lowest BCUT2D eigenvalue weighted by atomic mass is 9.92. The molecule has 13 saturated heterocycles. The summed E-state index contributed by atoms with van der Waals surface area (Å²) in [4.78, 5) is 10.8. The van der Waals surface area contributed by atoms with E-state index in [1.165, 1.54) is 0 Å². The summed E-state index contributed by atoms with van der Waals surface area (Å²) in [6, 6.07) is 0. The fourth-order valence-corrected chi connectivity index (χ4v) is 13.6. The third-order valence-electron chi connectivity index (χ3n) is 18.3. The summed E-state index contributed by atoms with van der Waals surface area (Å²) in [5.74, 6) is 0.857. The van der Waals surface area contributed by atoms with Gasteiger partial charge in [-0.3, -0.25) is 0 Å². The summed E-state index contributed by atoms with van der Waals surface area (Å²) >= 11 is 1.68. The molecule has 0 aromatic rings. The normalized spacial score (nSPS) is 48.5. The van der Waals surface area contributed by atoms with Gasteiger partial charge < -0.3 is 143 Å². The fourth-order valence-electron chi connectivity index (χ4n) is 12.7. The van der Waals surface area contributed by atoms with Crippen LogP contribution in [0.5, 0.6) is 0 Å². The molecule has 0 radical (unpaired) electrons. The Labute approximate surface area is 524 Å². The maximum absolute atomic E-state index is 12.4. The van der Waals surface area contributed by atoms with Crippen LogP contribution >= 0.6 is 11.8 Å². The molecule has 13 rings (SSSR count). The number of rotatable bonds is 19. The zero-order chi connectivity index (χ0) is 65.1. The minimum Gasteiger partial charge on any atom is -0.387 e. The van der Waals surface area contributed by atoms with E-state index in [1.807, 2.05) is 0 Å². The first kappa shape index (κ1) is 75.3. The molecule has 12 bridgehead atoms. The van der Waals surface area contributed by atoms with Gasteiger partial charge in [-0.1, -0.05) is 68.2 Å². The number of aldehydes is 1. The topological polar surface area (TPSA) is 430 Å². The van der Waals surface area contributed by atoms with Crippen molar-refractivity contribution in [2.45, 2.75) is 341 Å². The second-order valence-electron chi connectivity index (χ2n) is 24.4. The molecule has 13 aliphatic rings. The molecule has 13 heterocycles. The molecule has 0 aliphatic carbocycles. The average molecular weight is 1310 g/mol. The lowest BCUT2D eigenvalue weighted by molar-refractivity contribution is -0.395. The third kappa shape index (κ3) is 17.6. The van der Waals surface area contributed by atoms with Crippen LogP contribution in [0.25, 0.3) is 0 Å². The van der Waals surface area contributed by atoms with Crippen LogP contribution in [0.4, 0.5) is 0 Å². The molecular formula is C59H104O29S. The van der Waals surface area contributed by atoms with Gasteiger partial charge in [0.05, 0.1) is 42.7 Å². The van der Waals surface area contributed by atoms with Crippen molar-refractivity contribution in [3.63, 3.8) is 0 Å². The van der Waals surface area contributed by atoms with Crippen LogP contribution in [-0.2, 0) is 71.1 Å². The van der Waals surface area contributed by atoms with Gasteiger partial charge in [0.2, 0.25) is 0 Å². The molecule has 0 aromatic carbocycles. The number of fused-ring (bicyclic) bond motifs is 6. The highest BCUT2D eigenvalue weighted by Crippen LogP contribution is 2.40. The predicted molar refractivity (Wildman–Crippen MR) is 308 cm³/mol. The number of aliphatic hydroxyl groups excluding tert-OH is 14. The number of carbonyl (C=O) groups is 1. The first-order chi connectivity index (χ1) is 42.5. The Kier molecular flexibility index (Phi) is 29.8. The summed E-state index contributed by atoms with van der Waals surface area (Å²) in [5, 5.41) is 164. The first-order valence-electron chi connectivity index (χ1n) is 32.2. The van der Waals surface area contributed by atoms with Crippen LogP contribution in [0.2, 0.25) is 0 Å². The number of unbranched alkanes of at least 4 members (excludes halogenated alkanes) is 3. The minimum atomic E-state index is -2.29. The van der Waals surface area contributed by atoms with Crippen LogP contribution in [0.1, 0.15) is 132 Å². The zero-order valence-electron chi connectivity index (χ0n) is 52.2. The second-order valence-corrected chi connectivity index (χ2v) is 25.6. The van der Waals surface area contributed by atoms with Gasteiger partial charge in [0.25, 0.3) is 0 Å². The predicted octanol–water partition coefficient (Wildman–Crippen LogP) is -2.17. The molecule has 13 aliphatic heterocycles. The van der Waals surface area contributed by atoms with Crippen LogP contribution in [0.15, 0.2) is 0 Å². The van der Waals surface area contributed by atoms with Gasteiger partial charge in [-0.05, 0) is 75.2 Å². The van der Waals surface area contributed by atoms with E-state index in [2.05, 4.69) is 0 Å². The van der Waals surface area contributed by atoms with Gasteiger partial charge in [0.1, 0.15) is 128 Å². The van der Waals surface area contributed by atoms with Crippen molar-refractivity contribution >= 4 is 18.0 Å². The highest BCUT2D eigenvalue weighted by atomic mass is 32.2. The van der Waals surface area contributed by atoms with Gasteiger partial charge in [0, 0.05) is 13.0 Å². The lowest BCUT2D eigenvalue weighted by Gasteiger charge is -2.50. The summed E-state index contributed by atoms with van der Waals surface area (Å²) < 4.78 is 87.2. The van der Waals surface area contributed by atoms with Crippen molar-refractivity contribution in [3.8, 4) is 0 Å². The molecule has 0 spiro atoms. The Balaban J connectivity index is 1.19. The maximum atomic E-state index is 12.4. The Morgan fingerprint density at radius 1 is 0.360 bits per heavy atom. The van der Waals surface area contributed by atoms with E-state index in [-0.39, 0.29) is 45.1 Å². The lowest BCUT2D eigenvalue weighted by Crippen LogP contribution is -2.67. The van der Waals surface area contributed by atoms with E-state index in [0.29, 0.717) is 25.0 Å². The standard InChI is InChI=1S/C59H104O29S/c1-9-25(8)45-32(61)38(67)53(74)82-46-26(10-2)76-58(39(68)33(46)62)87-51-31(15-7)81-59(52(44(51)73)75-22-20-24-89-23-19-17-16-18-21-60)88-50-30(14-6)80-57(43(72)37(50)66)86-49-29(13-5)79-56(42(71)36(49)65)85-48-28(12-4)78-55(41(70)35(48)64)84-47-27(11-3)77-54(83-45)40(69)34(47)63/h21,25-59,61-74H,9-20,22-24H2,1-8H3. The molecule has 35 unspecified atom stereocenters. The number of hydrogen-bond donors (Lipinski definition) is 14. The van der Waals surface area contributed by atoms with Crippen LogP contribution in [0.3, 0.4) is 0 Å². The number of carbonyl (C=O) groups excluding carboxylic acids is 1. The number of ether oxygens (including phenoxy) is 14. The molecule has 0 aromatic heterocycles. The van der Waals surface area contributed by atoms with E-state index in [1.54, 1.807) is 67.2 Å². The van der Waals surface area contributed by atoms with Crippen molar-refractivity contribution in [1.82, 2.24) is 0 Å². The molecule has 30 heteroatoms. The minimum absolute atomic E-state index is 0.0550. The summed E-state index contributed by atoms with van der Waals surface area (Å²) in [6.45, 7) is 13.5. The van der Waals surface area contributed by atoms with Gasteiger partial charge in [-0.2, -0.15) is 11.8 Å². The SMILES string of the molecule is CCC(C)C1OC2OC(CC)C(OC3OC(CC)C(OC4OC(CC)C(OC5OC(CC)C(OC6OC(CC)C(OC7OC(CC)C(OC(O)C(O)C1O)C(O)C7O)C(O)C6OCCCSCCCCCC=O)C(O)C5O)C(O)C4O)C(O)C3O)C(O)C2O. The first-order valence-corrected chi connectivity index (χ1v) is 33.4. The maximum Gasteiger partial charge on any atom is 0.187 e. The van der Waals surface area contributed by atoms with Crippen molar-refractivity contribution in [3.05, 3.63) is 0 Å². The molecule has 35 atom stereocenters. The molecule has 0 saturated carbocycles. The highest BCUT2D eigenvalue weighted by Gasteiger charge is 2.58. The van der Waals surface area contributed by atoms with Gasteiger partial charge in [-0.15, -0.1) is 0 Å². The van der Waals surface area contributed by atoms with Gasteiger partial charge in [-0.25, -0.2) is 0 Å². The third-order valence-corrected chi connectivity index (χ3v) is 19.5. The summed E-state index contributed by atoms with van der Waals surface area (Å²) in [7, 11) is 0. The van der Waals surface area contributed by atoms with Crippen LogP contribution in [-0.4, -0.2) is 305 Å². The smallest absolute Gasteiger partial charge is 0.187 e. The van der Waals surface area contributed by atoms with Crippen molar-refractivity contribution in [1.29, 1.82) is 0 Å². The average Bonchev–Trinajstić information content (AvgIpc) is 0.908. The van der Waals surface area contributed by atoms with E-state index in [9.17, 15) is 76.3 Å².